The van der Waals surface area contributed by atoms with E-state index in [9.17, 15) is 18.0 Å². The SMILES string of the molecule is CN1C(=O)Nc2cc(OC3=NS(=O)(=O)CS3)ccc2SC1=O. The fourth-order valence-electron chi connectivity index (χ4n) is 1.64. The third-order valence-electron chi connectivity index (χ3n) is 2.72. The monoisotopic (exact) mass is 359 g/mol. The van der Waals surface area contributed by atoms with E-state index in [0.717, 1.165) is 28.4 Å². The van der Waals surface area contributed by atoms with Crippen LogP contribution in [0.2, 0.25) is 0 Å². The topological polar surface area (TPSA) is 105 Å². The number of urea groups is 1. The molecule has 0 unspecified atom stereocenters. The van der Waals surface area contributed by atoms with Crippen LogP contribution in [0.3, 0.4) is 0 Å². The first-order chi connectivity index (χ1) is 10.3. The number of thioether (sulfide) groups is 2. The molecular weight excluding hydrogens is 350 g/mol. The third kappa shape index (κ3) is 3.05. The number of hydrogen-bond donors (Lipinski definition) is 1. The van der Waals surface area contributed by atoms with Crippen molar-refractivity contribution in [3.05, 3.63) is 18.2 Å². The van der Waals surface area contributed by atoms with Gasteiger partial charge in [-0.05, 0) is 35.7 Å². The van der Waals surface area contributed by atoms with Crippen molar-refractivity contribution in [2.24, 2.45) is 4.40 Å². The zero-order chi connectivity index (χ0) is 15.9. The molecule has 0 radical (unpaired) electrons. The van der Waals surface area contributed by atoms with Gasteiger partial charge in [-0.15, -0.1) is 4.40 Å². The number of carbonyl (C=O) groups is 2. The molecule has 1 N–H and O–H groups in total. The molecule has 0 saturated heterocycles. The van der Waals surface area contributed by atoms with Crippen molar-refractivity contribution >= 4 is 55.7 Å². The Bertz CT molecular complexity index is 805. The minimum Gasteiger partial charge on any atom is -0.433 e. The van der Waals surface area contributed by atoms with Crippen LogP contribution >= 0.6 is 23.5 Å². The number of amides is 3. The maximum absolute atomic E-state index is 11.8. The summed E-state index contributed by atoms with van der Waals surface area (Å²) in [6.45, 7) is 0. The lowest BCUT2D eigenvalue weighted by Gasteiger charge is -2.10. The number of carbonyl (C=O) groups excluding carboxylic acids is 2. The van der Waals surface area contributed by atoms with Crippen LogP contribution in [0.15, 0.2) is 27.5 Å². The molecule has 2 aliphatic heterocycles. The van der Waals surface area contributed by atoms with Gasteiger partial charge in [0.1, 0.15) is 10.8 Å². The van der Waals surface area contributed by atoms with Gasteiger partial charge in [0.15, 0.2) is 0 Å². The van der Waals surface area contributed by atoms with E-state index in [-0.39, 0.29) is 10.3 Å². The minimum atomic E-state index is -3.46. The molecule has 0 bridgehead atoms. The molecule has 116 valence electrons. The molecule has 0 aromatic heterocycles. The van der Waals surface area contributed by atoms with Gasteiger partial charge in [0.2, 0.25) is 0 Å². The number of hydrogen-bond acceptors (Lipinski definition) is 7. The number of nitrogens with zero attached hydrogens (tertiary/aromatic N) is 2. The van der Waals surface area contributed by atoms with E-state index in [4.69, 9.17) is 4.74 Å². The van der Waals surface area contributed by atoms with Crippen LogP contribution in [0.1, 0.15) is 0 Å². The summed E-state index contributed by atoms with van der Waals surface area (Å²) < 4.78 is 31.3. The van der Waals surface area contributed by atoms with Crippen LogP contribution in [0.5, 0.6) is 5.75 Å². The lowest BCUT2D eigenvalue weighted by molar-refractivity contribution is 0.217. The summed E-state index contributed by atoms with van der Waals surface area (Å²) >= 11 is 1.88. The number of rotatable bonds is 1. The van der Waals surface area contributed by atoms with Crippen LogP contribution in [0, 0.1) is 0 Å². The number of nitrogens with one attached hydrogen (secondary N) is 1. The van der Waals surface area contributed by atoms with Gasteiger partial charge in [0.25, 0.3) is 20.5 Å². The maximum atomic E-state index is 11.8. The zero-order valence-electron chi connectivity index (χ0n) is 11.1. The predicted octanol–water partition coefficient (Wildman–Crippen LogP) is 2.14. The molecule has 0 fully saturated rings. The van der Waals surface area contributed by atoms with E-state index >= 15 is 0 Å². The maximum Gasteiger partial charge on any atom is 0.328 e. The van der Waals surface area contributed by atoms with Gasteiger partial charge >= 0.3 is 6.03 Å². The number of anilines is 1. The Hall–Kier alpha value is -1.72. The van der Waals surface area contributed by atoms with Crippen molar-refractivity contribution in [2.75, 3.05) is 17.4 Å². The third-order valence-corrected chi connectivity index (χ3v) is 6.39. The van der Waals surface area contributed by atoms with Gasteiger partial charge in [-0.3, -0.25) is 9.69 Å². The van der Waals surface area contributed by atoms with Gasteiger partial charge in [0, 0.05) is 18.0 Å². The molecule has 0 aliphatic carbocycles. The average molecular weight is 359 g/mol. The summed E-state index contributed by atoms with van der Waals surface area (Å²) in [5.41, 5.74) is 0.414. The van der Waals surface area contributed by atoms with E-state index in [2.05, 4.69) is 9.71 Å². The lowest BCUT2D eigenvalue weighted by Crippen LogP contribution is -2.32. The van der Waals surface area contributed by atoms with Gasteiger partial charge in [-0.25, -0.2) is 13.2 Å². The van der Waals surface area contributed by atoms with Crippen LogP contribution in [0.25, 0.3) is 0 Å². The highest BCUT2D eigenvalue weighted by atomic mass is 32.3. The normalized spacial score (nSPS) is 20.0. The van der Waals surface area contributed by atoms with Crippen molar-refractivity contribution in [2.45, 2.75) is 4.90 Å². The van der Waals surface area contributed by atoms with Crippen molar-refractivity contribution in [3.63, 3.8) is 0 Å². The average Bonchev–Trinajstić information content (AvgIpc) is 2.74. The summed E-state index contributed by atoms with van der Waals surface area (Å²) in [6, 6.07) is 4.15. The van der Waals surface area contributed by atoms with Crippen LogP contribution in [0.4, 0.5) is 15.3 Å². The zero-order valence-corrected chi connectivity index (χ0v) is 13.5. The van der Waals surface area contributed by atoms with Crippen molar-refractivity contribution < 1.29 is 22.7 Å². The molecule has 2 heterocycles. The molecule has 11 heteroatoms. The second-order valence-electron chi connectivity index (χ2n) is 4.32. The molecule has 0 spiro atoms. The molecule has 1 aromatic rings. The van der Waals surface area contributed by atoms with E-state index in [1.807, 2.05) is 0 Å². The van der Waals surface area contributed by atoms with E-state index in [1.165, 1.54) is 13.1 Å². The Morgan fingerprint density at radius 3 is 2.82 bits per heavy atom. The molecular formula is C11H9N3O5S3. The van der Waals surface area contributed by atoms with Crippen LogP contribution in [-0.2, 0) is 10.0 Å². The Labute approximate surface area is 134 Å². The lowest BCUT2D eigenvalue weighted by atomic mass is 10.3. The smallest absolute Gasteiger partial charge is 0.328 e. The van der Waals surface area contributed by atoms with Crippen molar-refractivity contribution in [3.8, 4) is 5.75 Å². The highest BCUT2D eigenvalue weighted by Crippen LogP contribution is 2.35. The summed E-state index contributed by atoms with van der Waals surface area (Å²) in [5.74, 6) is 0.319. The molecule has 8 nitrogen and oxygen atoms in total. The molecule has 0 saturated carbocycles. The predicted molar refractivity (Wildman–Crippen MR) is 83.9 cm³/mol. The second-order valence-corrected chi connectivity index (χ2v) is 8.24. The highest BCUT2D eigenvalue weighted by molar-refractivity contribution is 8.24. The number of fused-ring (bicyclic) bond motifs is 1. The van der Waals surface area contributed by atoms with E-state index < -0.39 is 21.3 Å². The largest absolute Gasteiger partial charge is 0.433 e. The first kappa shape index (κ1) is 15.2. The van der Waals surface area contributed by atoms with Gasteiger partial charge < -0.3 is 10.1 Å². The fourth-order valence-corrected chi connectivity index (χ4v) is 4.59. The van der Waals surface area contributed by atoms with Crippen molar-refractivity contribution in [1.82, 2.24) is 4.90 Å². The first-order valence-corrected chi connectivity index (χ1v) is 9.29. The number of sulfonamides is 1. The summed E-state index contributed by atoms with van der Waals surface area (Å²) in [5, 5.41) is 2.06. The molecule has 3 amide bonds. The second kappa shape index (κ2) is 5.48. The Morgan fingerprint density at radius 2 is 2.14 bits per heavy atom. The summed E-state index contributed by atoms with van der Waals surface area (Å²) in [4.78, 5) is 25.0. The fraction of sp³-hybridized carbons (Fsp3) is 0.182. The first-order valence-electron chi connectivity index (χ1n) is 5.88. The number of benzene rings is 1. The Balaban J connectivity index is 1.87. The molecule has 2 aliphatic rings. The number of imide groups is 1. The standard InChI is InChI=1S/C11H9N3O5S3/c1-14-9(15)12-7-4-6(2-3-8(7)21-11(14)16)19-10-13-22(17,18)5-20-10/h2-4H,5H2,1H3,(H,12,15). The van der Waals surface area contributed by atoms with E-state index in [1.54, 1.807) is 12.1 Å². The molecule has 3 rings (SSSR count). The van der Waals surface area contributed by atoms with Gasteiger partial charge in [-0.2, -0.15) is 0 Å². The Kier molecular flexibility index (Phi) is 3.78. The Morgan fingerprint density at radius 1 is 1.36 bits per heavy atom. The molecule has 0 atom stereocenters. The highest BCUT2D eigenvalue weighted by Gasteiger charge is 2.26. The molecule has 1 aromatic carbocycles. The quantitative estimate of drug-likeness (QED) is 0.819. The van der Waals surface area contributed by atoms with Crippen molar-refractivity contribution in [1.29, 1.82) is 0 Å². The minimum absolute atomic E-state index is 0.0285. The summed E-state index contributed by atoms with van der Waals surface area (Å²) in [6.07, 6.45) is 0. The van der Waals surface area contributed by atoms with Gasteiger partial charge in [-0.1, -0.05) is 0 Å². The summed E-state index contributed by atoms with van der Waals surface area (Å²) in [7, 11) is -2.08. The van der Waals surface area contributed by atoms with Crippen LogP contribution < -0.4 is 10.1 Å². The molecule has 22 heavy (non-hydrogen) atoms. The van der Waals surface area contributed by atoms with Gasteiger partial charge in [0.05, 0.1) is 5.69 Å². The van der Waals surface area contributed by atoms with E-state index in [0.29, 0.717) is 16.3 Å². The number of ether oxygens (including phenoxy) is 1. The van der Waals surface area contributed by atoms with Crippen LogP contribution in [-0.4, -0.2) is 42.0 Å².